The van der Waals surface area contributed by atoms with E-state index < -0.39 is 0 Å². The van der Waals surface area contributed by atoms with Gasteiger partial charge in [-0.05, 0) is 73.6 Å². The quantitative estimate of drug-likeness (QED) is 0.246. The van der Waals surface area contributed by atoms with E-state index in [9.17, 15) is 0 Å². The van der Waals surface area contributed by atoms with Crippen LogP contribution in [0, 0.1) is 5.92 Å². The number of aliphatic imine (C=N–C) groups is 5. The highest BCUT2D eigenvalue weighted by molar-refractivity contribution is 8.14. The molecule has 0 fully saturated rings. The molecule has 0 bridgehead atoms. The van der Waals surface area contributed by atoms with Crippen molar-refractivity contribution in [1.82, 2.24) is 0 Å². The fourth-order valence-electron chi connectivity index (χ4n) is 3.58. The number of thioether (sulfide) groups is 4. The minimum absolute atomic E-state index is 0.382. The lowest BCUT2D eigenvalue weighted by molar-refractivity contribution is 0.183. The molecule has 5 aliphatic rings. The van der Waals surface area contributed by atoms with Gasteiger partial charge in [0.15, 0.2) is 5.90 Å². The smallest absolute Gasteiger partial charge is 0.180 e. The maximum absolute atomic E-state index is 5.24. The first kappa shape index (κ1) is 57.9. The predicted molar refractivity (Wildman–Crippen MR) is 244 cm³/mol. The predicted octanol–water partition coefficient (Wildman–Crippen LogP) is 13.5. The van der Waals surface area contributed by atoms with Crippen LogP contribution >= 0.6 is 47.0 Å². The van der Waals surface area contributed by atoms with Crippen LogP contribution in [0.15, 0.2) is 25.0 Å². The molecule has 5 aliphatic heterocycles. The summed E-state index contributed by atoms with van der Waals surface area (Å²) in [7, 11) is 0. The summed E-state index contributed by atoms with van der Waals surface area (Å²) < 4.78 is 5.24. The third-order valence-corrected chi connectivity index (χ3v) is 10.1. The molecule has 4 unspecified atom stereocenters. The molecule has 0 radical (unpaired) electrons. The van der Waals surface area contributed by atoms with Crippen LogP contribution in [-0.4, -0.2) is 86.9 Å². The second-order valence-electron chi connectivity index (χ2n) is 10.3. The molecule has 4 atom stereocenters. The minimum atomic E-state index is 0.382. The van der Waals surface area contributed by atoms with E-state index in [4.69, 9.17) is 4.74 Å². The van der Waals surface area contributed by atoms with Crippen LogP contribution in [0.25, 0.3) is 0 Å². The van der Waals surface area contributed by atoms with Crippen molar-refractivity contribution < 1.29 is 4.74 Å². The number of ether oxygens (including phenoxy) is 1. The van der Waals surface area contributed by atoms with Crippen molar-refractivity contribution in [3.63, 3.8) is 0 Å². The zero-order chi connectivity index (χ0) is 39.0. The molecule has 49 heavy (non-hydrogen) atoms. The van der Waals surface area contributed by atoms with Crippen LogP contribution in [0.2, 0.25) is 0 Å². The van der Waals surface area contributed by atoms with E-state index in [0.717, 1.165) is 37.9 Å². The van der Waals surface area contributed by atoms with Crippen molar-refractivity contribution in [1.29, 1.82) is 0 Å². The molecule has 294 valence electrons. The zero-order valence-corrected chi connectivity index (χ0v) is 39.1. The summed E-state index contributed by atoms with van der Waals surface area (Å²) in [6.07, 6.45) is 5.22. The summed E-state index contributed by atoms with van der Waals surface area (Å²) in [5.41, 5.74) is 0. The molecule has 5 rings (SSSR count). The molecule has 0 aliphatic carbocycles. The molecular formula is C39H83N5OS4. The SMILES string of the molecule is CC.CC.CC.CC.CC.CC1=NC(C)CCS1.CC1=NC(C)CCS1.CC1=NCC(C)CS1.CC1=NCCC(C)O1.CC1=NCCCS1. The average molecular weight is 766 g/mol. The number of hydrogen-bond donors (Lipinski definition) is 0. The Hall–Kier alpha value is -0.450. The van der Waals surface area contributed by atoms with Crippen molar-refractivity contribution in [2.75, 3.05) is 42.6 Å². The summed E-state index contributed by atoms with van der Waals surface area (Å²) in [5.74, 6) is 6.69. The molecule has 5 heterocycles. The summed E-state index contributed by atoms with van der Waals surface area (Å²) in [6, 6.07) is 1.16. The summed E-state index contributed by atoms with van der Waals surface area (Å²) in [6.45, 7) is 41.9. The number of nitrogens with zero attached hydrogens (tertiary/aromatic N) is 5. The van der Waals surface area contributed by atoms with Gasteiger partial charge in [-0.2, -0.15) is 0 Å². The van der Waals surface area contributed by atoms with Crippen LogP contribution in [0.4, 0.5) is 0 Å². The van der Waals surface area contributed by atoms with Gasteiger partial charge in [-0.1, -0.05) is 76.2 Å². The van der Waals surface area contributed by atoms with Crippen molar-refractivity contribution >= 4 is 73.1 Å². The van der Waals surface area contributed by atoms with Gasteiger partial charge in [-0.15, -0.1) is 47.0 Å². The van der Waals surface area contributed by atoms with Gasteiger partial charge in [-0.25, -0.2) is 0 Å². The average Bonchev–Trinajstić information content (AvgIpc) is 3.12. The molecule has 0 aromatic rings. The Bertz CT molecular complexity index is 819. The summed E-state index contributed by atoms with van der Waals surface area (Å²) in [5, 5.41) is 5.02. The molecule has 0 saturated heterocycles. The maximum Gasteiger partial charge on any atom is 0.180 e. The van der Waals surface area contributed by atoms with Crippen molar-refractivity contribution in [3.05, 3.63) is 0 Å². The molecule has 0 amide bonds. The highest BCUT2D eigenvalue weighted by Gasteiger charge is 2.09. The van der Waals surface area contributed by atoms with Gasteiger partial charge in [0.05, 0.1) is 26.3 Å². The van der Waals surface area contributed by atoms with Crippen molar-refractivity contribution in [3.8, 4) is 0 Å². The van der Waals surface area contributed by atoms with Crippen LogP contribution in [0.3, 0.4) is 0 Å². The number of hydrogen-bond acceptors (Lipinski definition) is 10. The van der Waals surface area contributed by atoms with E-state index in [0.29, 0.717) is 18.2 Å². The van der Waals surface area contributed by atoms with E-state index >= 15 is 0 Å². The largest absolute Gasteiger partial charge is 0.478 e. The third-order valence-electron chi connectivity index (χ3n) is 5.89. The van der Waals surface area contributed by atoms with E-state index in [-0.39, 0.29) is 0 Å². The molecule has 0 spiro atoms. The second-order valence-corrected chi connectivity index (χ2v) is 15.3. The second kappa shape index (κ2) is 45.6. The van der Waals surface area contributed by atoms with Crippen LogP contribution in [0.1, 0.15) is 157 Å². The van der Waals surface area contributed by atoms with Gasteiger partial charge in [0.25, 0.3) is 0 Å². The number of rotatable bonds is 0. The van der Waals surface area contributed by atoms with E-state index in [1.165, 1.54) is 62.4 Å². The monoisotopic (exact) mass is 766 g/mol. The fourth-order valence-corrected chi connectivity index (χ4v) is 7.15. The Morgan fingerprint density at radius 1 is 0.510 bits per heavy atom. The molecular weight excluding hydrogens is 683 g/mol. The molecule has 6 nitrogen and oxygen atoms in total. The lowest BCUT2D eigenvalue weighted by Gasteiger charge is -2.17. The molecule has 10 heteroatoms. The lowest BCUT2D eigenvalue weighted by atomic mass is 10.2. The standard InChI is InChI=1S/C6H11NO.3C6H11NS.C5H9NS.5C2H6/c1-5-3-4-7-6(2)8-5;1-5-3-7-6(2)8-4-5;2*1-5-3-4-8-6(2)7-5;1-5-6-3-2-4-7-5;5*1-2/h4*5H,3-4H2,1-2H3;2-4H2,1H3;5*1-2H3. The first-order chi connectivity index (χ1) is 23.5. The van der Waals surface area contributed by atoms with Gasteiger partial charge >= 0.3 is 0 Å². The lowest BCUT2D eigenvalue weighted by Crippen LogP contribution is -2.18. The van der Waals surface area contributed by atoms with Gasteiger partial charge in [-0.3, -0.25) is 25.0 Å². The normalized spacial score (nSPS) is 23.0. The highest BCUT2D eigenvalue weighted by atomic mass is 32.2. The van der Waals surface area contributed by atoms with E-state index in [2.05, 4.69) is 80.4 Å². The molecule has 0 aromatic carbocycles. The fraction of sp³-hybridized carbons (Fsp3) is 0.872. The summed E-state index contributed by atoms with van der Waals surface area (Å²) >= 11 is 7.49. The van der Waals surface area contributed by atoms with Crippen LogP contribution < -0.4 is 0 Å². The third kappa shape index (κ3) is 43.6. The first-order valence-electron chi connectivity index (χ1n) is 19.3. The Morgan fingerprint density at radius 3 is 1.18 bits per heavy atom. The Balaban J connectivity index is -0.000000155. The molecule has 0 saturated carbocycles. The Kier molecular flexibility index (Phi) is 53.8. The topological polar surface area (TPSA) is 71.0 Å². The van der Waals surface area contributed by atoms with Crippen LogP contribution in [-0.2, 0) is 4.74 Å². The van der Waals surface area contributed by atoms with Crippen molar-refractivity contribution in [2.24, 2.45) is 30.9 Å². The minimum Gasteiger partial charge on any atom is -0.478 e. The van der Waals surface area contributed by atoms with E-state index in [1.807, 2.05) is 123 Å². The Morgan fingerprint density at radius 2 is 0.959 bits per heavy atom. The van der Waals surface area contributed by atoms with Gasteiger partial charge < -0.3 is 4.74 Å². The maximum atomic E-state index is 5.24. The molecule has 0 aromatic heterocycles. The van der Waals surface area contributed by atoms with E-state index in [1.54, 1.807) is 0 Å². The van der Waals surface area contributed by atoms with Gasteiger partial charge in [0, 0.05) is 68.1 Å². The van der Waals surface area contributed by atoms with Crippen LogP contribution in [0.5, 0.6) is 0 Å². The molecule has 0 N–H and O–H groups in total. The highest BCUT2D eigenvalue weighted by Crippen LogP contribution is 2.17. The van der Waals surface area contributed by atoms with Gasteiger partial charge in [0.1, 0.15) is 0 Å². The Labute approximate surface area is 325 Å². The zero-order valence-electron chi connectivity index (χ0n) is 35.9. The summed E-state index contributed by atoms with van der Waals surface area (Å²) in [4.78, 5) is 21.3. The van der Waals surface area contributed by atoms with Gasteiger partial charge in [0.2, 0.25) is 0 Å². The first-order valence-corrected chi connectivity index (χ1v) is 23.3. The van der Waals surface area contributed by atoms with Crippen molar-refractivity contribution in [2.45, 2.75) is 175 Å².